The molecule has 0 aliphatic carbocycles. The molecule has 1 aromatic carbocycles. The highest BCUT2D eigenvalue weighted by Crippen LogP contribution is 1.99. The van der Waals surface area contributed by atoms with Crippen LogP contribution in [-0.2, 0) is 16.2 Å². The molecule has 4 nitrogen and oxygen atoms in total. The molecular weight excluding hydrogens is 204 g/mol. The molecule has 0 heterocycles. The lowest BCUT2D eigenvalue weighted by Gasteiger charge is -1.99. The standard InChI is InChI=1S/C12H16N2O2/c1-2-8-13-12(15)9-14-16-10-11-6-4-3-5-7-11/h3-7,9H,2,8,10H2,1H3,(H,13,15). The lowest BCUT2D eigenvalue weighted by molar-refractivity contribution is -0.114. The van der Waals surface area contributed by atoms with Gasteiger partial charge >= 0.3 is 0 Å². The fourth-order valence-corrected chi connectivity index (χ4v) is 1.07. The molecule has 4 heteroatoms. The molecular formula is C12H16N2O2. The number of nitrogens with zero attached hydrogens (tertiary/aromatic N) is 1. The van der Waals surface area contributed by atoms with Crippen LogP contribution in [0, 0.1) is 0 Å². The highest BCUT2D eigenvalue weighted by atomic mass is 16.6. The molecule has 0 saturated heterocycles. The van der Waals surface area contributed by atoms with E-state index in [1.165, 1.54) is 0 Å². The average Bonchev–Trinajstić information content (AvgIpc) is 2.33. The summed E-state index contributed by atoms with van der Waals surface area (Å²) in [4.78, 5) is 16.1. The second kappa shape index (κ2) is 7.45. The van der Waals surface area contributed by atoms with Crippen molar-refractivity contribution in [2.75, 3.05) is 6.54 Å². The molecule has 0 radical (unpaired) electrons. The molecule has 0 unspecified atom stereocenters. The summed E-state index contributed by atoms with van der Waals surface area (Å²) in [5.41, 5.74) is 1.02. The maximum Gasteiger partial charge on any atom is 0.265 e. The fraction of sp³-hybridized carbons (Fsp3) is 0.333. The first-order valence-electron chi connectivity index (χ1n) is 5.30. The first-order valence-corrected chi connectivity index (χ1v) is 5.30. The van der Waals surface area contributed by atoms with Crippen LogP contribution >= 0.6 is 0 Å². The van der Waals surface area contributed by atoms with Gasteiger partial charge in [-0.3, -0.25) is 4.79 Å². The Morgan fingerprint density at radius 2 is 2.19 bits per heavy atom. The van der Waals surface area contributed by atoms with Crippen molar-refractivity contribution < 1.29 is 9.63 Å². The minimum absolute atomic E-state index is 0.227. The topological polar surface area (TPSA) is 50.7 Å². The van der Waals surface area contributed by atoms with Crippen LogP contribution in [0.4, 0.5) is 0 Å². The molecule has 0 spiro atoms. The van der Waals surface area contributed by atoms with E-state index in [1.54, 1.807) is 0 Å². The lowest BCUT2D eigenvalue weighted by Crippen LogP contribution is -2.24. The number of oxime groups is 1. The number of nitrogens with one attached hydrogen (secondary N) is 1. The van der Waals surface area contributed by atoms with E-state index in [-0.39, 0.29) is 5.91 Å². The number of hydrogen-bond donors (Lipinski definition) is 1. The number of rotatable bonds is 6. The highest BCUT2D eigenvalue weighted by molar-refractivity contribution is 6.26. The van der Waals surface area contributed by atoms with Gasteiger partial charge in [0.25, 0.3) is 5.91 Å². The summed E-state index contributed by atoms with van der Waals surface area (Å²) in [7, 11) is 0. The van der Waals surface area contributed by atoms with Crippen LogP contribution < -0.4 is 5.32 Å². The summed E-state index contributed by atoms with van der Waals surface area (Å²) in [5.74, 6) is -0.227. The van der Waals surface area contributed by atoms with E-state index in [2.05, 4.69) is 10.5 Å². The molecule has 0 atom stereocenters. The Hall–Kier alpha value is -1.84. The van der Waals surface area contributed by atoms with Gasteiger partial charge in [0, 0.05) is 6.54 Å². The first kappa shape index (κ1) is 12.2. The Balaban J connectivity index is 2.20. The zero-order valence-corrected chi connectivity index (χ0v) is 9.35. The van der Waals surface area contributed by atoms with Gasteiger partial charge in [0.15, 0.2) is 0 Å². The van der Waals surface area contributed by atoms with Crippen LogP contribution in [0.5, 0.6) is 0 Å². The minimum Gasteiger partial charge on any atom is -0.391 e. The molecule has 0 saturated carbocycles. The van der Waals surface area contributed by atoms with Crippen molar-refractivity contribution in [3.8, 4) is 0 Å². The molecule has 0 fully saturated rings. The summed E-state index contributed by atoms with van der Waals surface area (Å²) in [5, 5.41) is 6.25. The Morgan fingerprint density at radius 3 is 2.88 bits per heavy atom. The Labute approximate surface area is 95.3 Å². The maximum absolute atomic E-state index is 11.1. The average molecular weight is 220 g/mol. The summed E-state index contributed by atoms with van der Waals surface area (Å²) in [6.45, 7) is 3.02. The van der Waals surface area contributed by atoms with Crippen molar-refractivity contribution in [3.05, 3.63) is 35.9 Å². The fourth-order valence-electron chi connectivity index (χ4n) is 1.07. The third kappa shape index (κ3) is 5.14. The molecule has 16 heavy (non-hydrogen) atoms. The predicted octanol–water partition coefficient (Wildman–Crippen LogP) is 1.72. The first-order chi connectivity index (χ1) is 7.83. The van der Waals surface area contributed by atoms with Crippen molar-refractivity contribution in [2.24, 2.45) is 5.16 Å². The summed E-state index contributed by atoms with van der Waals surface area (Å²) in [6.07, 6.45) is 2.06. The van der Waals surface area contributed by atoms with Gasteiger partial charge in [0.2, 0.25) is 0 Å². The van der Waals surface area contributed by atoms with E-state index < -0.39 is 0 Å². The number of benzene rings is 1. The Bertz CT molecular complexity index is 336. The second-order valence-electron chi connectivity index (χ2n) is 3.28. The van der Waals surface area contributed by atoms with Crippen molar-refractivity contribution in [3.63, 3.8) is 0 Å². The van der Waals surface area contributed by atoms with Crippen molar-refractivity contribution >= 4 is 12.1 Å². The van der Waals surface area contributed by atoms with E-state index in [1.807, 2.05) is 37.3 Å². The predicted molar refractivity (Wildman–Crippen MR) is 63.0 cm³/mol. The number of hydrogen-bond acceptors (Lipinski definition) is 3. The largest absolute Gasteiger partial charge is 0.391 e. The van der Waals surface area contributed by atoms with Crippen molar-refractivity contribution in [1.29, 1.82) is 0 Å². The Kier molecular flexibility index (Phi) is 5.70. The van der Waals surface area contributed by atoms with E-state index in [0.717, 1.165) is 18.2 Å². The van der Waals surface area contributed by atoms with E-state index in [4.69, 9.17) is 4.84 Å². The molecule has 0 bridgehead atoms. The Morgan fingerprint density at radius 1 is 1.44 bits per heavy atom. The summed E-state index contributed by atoms with van der Waals surface area (Å²) >= 11 is 0. The molecule has 86 valence electrons. The van der Waals surface area contributed by atoms with Gasteiger partial charge in [-0.25, -0.2) is 0 Å². The molecule has 0 aromatic heterocycles. The van der Waals surface area contributed by atoms with Crippen LogP contribution in [0.3, 0.4) is 0 Å². The molecule has 1 rings (SSSR count). The molecule has 0 aliphatic heterocycles. The highest BCUT2D eigenvalue weighted by Gasteiger charge is 1.94. The van der Waals surface area contributed by atoms with Gasteiger partial charge in [-0.15, -0.1) is 0 Å². The zero-order valence-electron chi connectivity index (χ0n) is 9.35. The summed E-state index contributed by atoms with van der Waals surface area (Å²) in [6, 6.07) is 9.66. The smallest absolute Gasteiger partial charge is 0.265 e. The molecule has 1 N–H and O–H groups in total. The third-order valence-electron chi connectivity index (χ3n) is 1.87. The van der Waals surface area contributed by atoms with Gasteiger partial charge in [-0.2, -0.15) is 0 Å². The van der Waals surface area contributed by atoms with Crippen molar-refractivity contribution in [2.45, 2.75) is 20.0 Å². The van der Waals surface area contributed by atoms with E-state index in [9.17, 15) is 4.79 Å². The quantitative estimate of drug-likeness (QED) is 0.586. The maximum atomic E-state index is 11.1. The van der Waals surface area contributed by atoms with Crippen LogP contribution in [-0.4, -0.2) is 18.7 Å². The van der Waals surface area contributed by atoms with E-state index >= 15 is 0 Å². The van der Waals surface area contributed by atoms with Crippen LogP contribution in [0.1, 0.15) is 18.9 Å². The minimum atomic E-state index is -0.227. The van der Waals surface area contributed by atoms with Crippen molar-refractivity contribution in [1.82, 2.24) is 5.32 Å². The third-order valence-corrected chi connectivity index (χ3v) is 1.87. The zero-order chi connectivity index (χ0) is 11.6. The number of carbonyl (C=O) groups is 1. The van der Waals surface area contributed by atoms with Gasteiger partial charge in [-0.05, 0) is 12.0 Å². The molecule has 1 aromatic rings. The lowest BCUT2D eigenvalue weighted by atomic mass is 10.2. The SMILES string of the molecule is CCCNC(=O)C=NOCc1ccccc1. The normalized spacial score (nSPS) is 10.3. The number of amides is 1. The van der Waals surface area contributed by atoms with Gasteiger partial charge in [0.05, 0.1) is 0 Å². The molecule has 1 amide bonds. The van der Waals surface area contributed by atoms with Gasteiger partial charge in [0.1, 0.15) is 12.8 Å². The monoisotopic (exact) mass is 220 g/mol. The van der Waals surface area contributed by atoms with Crippen LogP contribution in [0.15, 0.2) is 35.5 Å². The summed E-state index contributed by atoms with van der Waals surface area (Å²) < 4.78 is 0. The number of carbonyl (C=O) groups excluding carboxylic acids is 1. The van der Waals surface area contributed by atoms with Crippen LogP contribution in [0.25, 0.3) is 0 Å². The second-order valence-corrected chi connectivity index (χ2v) is 3.28. The van der Waals surface area contributed by atoms with Gasteiger partial charge < -0.3 is 10.2 Å². The van der Waals surface area contributed by atoms with Crippen LogP contribution in [0.2, 0.25) is 0 Å². The molecule has 0 aliphatic rings. The van der Waals surface area contributed by atoms with Gasteiger partial charge in [-0.1, -0.05) is 42.4 Å². The van der Waals surface area contributed by atoms with E-state index in [0.29, 0.717) is 13.2 Å².